The Labute approximate surface area is 111 Å². The van der Waals surface area contributed by atoms with Crippen LogP contribution in [0.4, 0.5) is 0 Å². The minimum atomic E-state index is -0.460. The zero-order valence-corrected chi connectivity index (χ0v) is 10.7. The van der Waals surface area contributed by atoms with E-state index in [1.54, 1.807) is 7.11 Å². The predicted molar refractivity (Wildman–Crippen MR) is 67.4 cm³/mol. The molecule has 5 nitrogen and oxygen atoms in total. The fourth-order valence-electron chi connectivity index (χ4n) is 1.77. The highest BCUT2D eigenvalue weighted by Crippen LogP contribution is 2.26. The first-order chi connectivity index (χ1) is 9.24. The summed E-state index contributed by atoms with van der Waals surface area (Å²) in [7, 11) is 1.61. The molecule has 0 atom stereocenters. The van der Waals surface area contributed by atoms with Gasteiger partial charge >= 0.3 is 5.97 Å². The maximum Gasteiger partial charge on any atom is 0.318 e. The van der Waals surface area contributed by atoms with Gasteiger partial charge in [0, 0.05) is 5.56 Å². The van der Waals surface area contributed by atoms with Crippen molar-refractivity contribution in [3.8, 4) is 5.75 Å². The Kier molecular flexibility index (Phi) is 4.54. The van der Waals surface area contributed by atoms with E-state index in [-0.39, 0.29) is 19.2 Å². The van der Waals surface area contributed by atoms with Crippen LogP contribution in [0.5, 0.6) is 5.75 Å². The van der Waals surface area contributed by atoms with Gasteiger partial charge in [-0.25, -0.2) is 0 Å². The third-order valence-corrected chi connectivity index (χ3v) is 2.82. The van der Waals surface area contributed by atoms with Crippen molar-refractivity contribution in [2.45, 2.75) is 6.29 Å². The highest BCUT2D eigenvalue weighted by Gasteiger charge is 2.29. The van der Waals surface area contributed by atoms with Crippen LogP contribution in [-0.2, 0) is 19.0 Å². The van der Waals surface area contributed by atoms with Crippen molar-refractivity contribution in [2.24, 2.45) is 5.92 Å². The molecular weight excluding hydrogens is 248 g/mol. The topological polar surface area (TPSA) is 54.0 Å². The Bertz CT molecular complexity index is 432. The van der Waals surface area contributed by atoms with Crippen molar-refractivity contribution in [3.05, 3.63) is 42.7 Å². The number of methoxy groups -OCH3 is 1. The van der Waals surface area contributed by atoms with Crippen LogP contribution in [-0.4, -0.2) is 26.3 Å². The Balaban J connectivity index is 1.91. The highest BCUT2D eigenvalue weighted by atomic mass is 16.7. The van der Waals surface area contributed by atoms with Crippen LogP contribution >= 0.6 is 0 Å². The molecule has 0 amide bonds. The summed E-state index contributed by atoms with van der Waals surface area (Å²) in [5, 5.41) is 0. The number of carbonyl (C=O) groups is 1. The Morgan fingerprint density at radius 2 is 1.95 bits per heavy atom. The maximum atomic E-state index is 11.5. The molecule has 0 radical (unpaired) electrons. The summed E-state index contributed by atoms with van der Waals surface area (Å²) in [5.41, 5.74) is 0.885. The van der Waals surface area contributed by atoms with Gasteiger partial charge in [0.2, 0.25) is 0 Å². The summed E-state index contributed by atoms with van der Waals surface area (Å²) in [6, 6.07) is 7.40. The van der Waals surface area contributed by atoms with E-state index in [1.807, 2.05) is 24.3 Å². The second kappa shape index (κ2) is 6.36. The lowest BCUT2D eigenvalue weighted by atomic mass is 10.1. The molecule has 19 heavy (non-hydrogen) atoms. The zero-order chi connectivity index (χ0) is 13.7. The fraction of sp³-hybridized carbons (Fsp3) is 0.357. The van der Waals surface area contributed by atoms with Crippen molar-refractivity contribution in [2.75, 3.05) is 20.3 Å². The minimum absolute atomic E-state index is 0.267. The second-order valence-electron chi connectivity index (χ2n) is 4.07. The fourth-order valence-corrected chi connectivity index (χ4v) is 1.77. The van der Waals surface area contributed by atoms with E-state index in [0.717, 1.165) is 17.6 Å². The molecule has 0 N–H and O–H groups in total. The van der Waals surface area contributed by atoms with Crippen molar-refractivity contribution in [1.82, 2.24) is 0 Å². The van der Waals surface area contributed by atoms with Crippen LogP contribution in [0.3, 0.4) is 0 Å². The number of esters is 1. The molecular formula is C14H16O5. The number of benzene rings is 1. The first-order valence-corrected chi connectivity index (χ1v) is 5.93. The minimum Gasteiger partial charge on any atom is -0.497 e. The average Bonchev–Trinajstić information content (AvgIpc) is 2.48. The van der Waals surface area contributed by atoms with E-state index in [0.29, 0.717) is 0 Å². The molecule has 1 aliphatic heterocycles. The molecule has 1 aliphatic rings. The molecule has 1 saturated heterocycles. The SMILES string of the molecule is C=COC(=O)C1COC(c2ccc(OC)cc2)OC1. The Hall–Kier alpha value is -1.85. The standard InChI is InChI=1S/C14H16O5/c1-3-17-13(15)11-8-18-14(19-9-11)10-4-6-12(16-2)7-5-10/h3-7,11,14H,1,8-9H2,2H3. The number of hydrogen-bond acceptors (Lipinski definition) is 5. The van der Waals surface area contributed by atoms with Crippen molar-refractivity contribution < 1.29 is 23.7 Å². The molecule has 0 bridgehead atoms. The molecule has 0 aliphatic carbocycles. The van der Waals surface area contributed by atoms with Gasteiger partial charge in [0.1, 0.15) is 11.7 Å². The number of carbonyl (C=O) groups excluding carboxylic acids is 1. The van der Waals surface area contributed by atoms with Gasteiger partial charge in [-0.2, -0.15) is 0 Å². The van der Waals surface area contributed by atoms with Crippen LogP contribution in [0.15, 0.2) is 37.1 Å². The van der Waals surface area contributed by atoms with Gasteiger partial charge in [-0.05, 0) is 12.1 Å². The largest absolute Gasteiger partial charge is 0.497 e. The van der Waals surface area contributed by atoms with Crippen LogP contribution in [0.1, 0.15) is 11.9 Å². The van der Waals surface area contributed by atoms with Crippen molar-refractivity contribution in [1.29, 1.82) is 0 Å². The summed E-state index contributed by atoms with van der Waals surface area (Å²) < 4.78 is 20.8. The normalized spacial score (nSPS) is 22.6. The van der Waals surface area contributed by atoms with Crippen LogP contribution in [0, 0.1) is 5.92 Å². The quantitative estimate of drug-likeness (QED) is 0.615. The van der Waals surface area contributed by atoms with E-state index in [1.165, 1.54) is 0 Å². The molecule has 1 aromatic carbocycles. The molecule has 0 unspecified atom stereocenters. The van der Waals surface area contributed by atoms with E-state index in [9.17, 15) is 4.79 Å². The molecule has 1 heterocycles. The molecule has 102 valence electrons. The van der Waals surface area contributed by atoms with Crippen molar-refractivity contribution >= 4 is 5.97 Å². The first-order valence-electron chi connectivity index (χ1n) is 5.93. The summed E-state index contributed by atoms with van der Waals surface area (Å²) >= 11 is 0. The van der Waals surface area contributed by atoms with Crippen LogP contribution in [0.25, 0.3) is 0 Å². The summed E-state index contributed by atoms with van der Waals surface area (Å²) in [5.74, 6) is -0.0253. The molecule has 2 rings (SSSR count). The smallest absolute Gasteiger partial charge is 0.318 e. The lowest BCUT2D eigenvalue weighted by Crippen LogP contribution is -2.33. The Morgan fingerprint density at radius 3 is 2.47 bits per heavy atom. The van der Waals surface area contributed by atoms with Gasteiger partial charge in [-0.1, -0.05) is 18.7 Å². The van der Waals surface area contributed by atoms with E-state index >= 15 is 0 Å². The van der Waals surface area contributed by atoms with Gasteiger partial charge in [-0.3, -0.25) is 4.79 Å². The summed E-state index contributed by atoms with van der Waals surface area (Å²) in [6.45, 7) is 3.87. The predicted octanol–water partition coefficient (Wildman–Crippen LogP) is 2.04. The van der Waals surface area contributed by atoms with Crippen molar-refractivity contribution in [3.63, 3.8) is 0 Å². The summed E-state index contributed by atoms with van der Waals surface area (Å²) in [4.78, 5) is 11.5. The molecule has 0 spiro atoms. The first kappa shape index (κ1) is 13.6. The summed E-state index contributed by atoms with van der Waals surface area (Å²) in [6.07, 6.45) is 0.649. The van der Waals surface area contributed by atoms with Gasteiger partial charge in [0.05, 0.1) is 26.6 Å². The maximum absolute atomic E-state index is 11.5. The lowest BCUT2D eigenvalue weighted by Gasteiger charge is -2.28. The molecule has 0 aromatic heterocycles. The number of ether oxygens (including phenoxy) is 4. The molecule has 1 fully saturated rings. The molecule has 1 aromatic rings. The monoisotopic (exact) mass is 264 g/mol. The molecule has 0 saturated carbocycles. The molecule has 5 heteroatoms. The number of rotatable bonds is 4. The average molecular weight is 264 g/mol. The van der Waals surface area contributed by atoms with E-state index < -0.39 is 12.2 Å². The highest BCUT2D eigenvalue weighted by molar-refractivity contribution is 5.73. The van der Waals surface area contributed by atoms with Crippen LogP contribution < -0.4 is 4.74 Å². The van der Waals surface area contributed by atoms with Crippen LogP contribution in [0.2, 0.25) is 0 Å². The van der Waals surface area contributed by atoms with Gasteiger partial charge in [0.25, 0.3) is 0 Å². The zero-order valence-electron chi connectivity index (χ0n) is 10.7. The van der Waals surface area contributed by atoms with Gasteiger partial charge in [0.15, 0.2) is 6.29 Å². The van der Waals surface area contributed by atoms with E-state index in [4.69, 9.17) is 18.9 Å². The Morgan fingerprint density at radius 1 is 1.32 bits per heavy atom. The number of hydrogen-bond donors (Lipinski definition) is 0. The van der Waals surface area contributed by atoms with Gasteiger partial charge < -0.3 is 18.9 Å². The second-order valence-corrected chi connectivity index (χ2v) is 4.07. The third-order valence-electron chi connectivity index (χ3n) is 2.82. The van der Waals surface area contributed by atoms with Gasteiger partial charge in [-0.15, -0.1) is 0 Å². The third kappa shape index (κ3) is 3.33. The lowest BCUT2D eigenvalue weighted by molar-refractivity contribution is -0.211. The van der Waals surface area contributed by atoms with E-state index in [2.05, 4.69) is 6.58 Å².